The minimum Gasteiger partial charge on any atom is -0.397 e. The van der Waals surface area contributed by atoms with Crippen LogP contribution in [0.15, 0.2) is 48.5 Å². The predicted octanol–water partition coefficient (Wildman–Crippen LogP) is 2.35. The Bertz CT molecular complexity index is 664. The number of ether oxygens (including phenoxy) is 1. The number of anilines is 2. The number of hydrogen-bond donors (Lipinski definition) is 2. The number of carbonyl (C=O) groups excluding carboxylic acids is 1. The number of hydrogen-bond acceptors (Lipinski definition) is 4. The van der Waals surface area contributed by atoms with Gasteiger partial charge in [0.1, 0.15) is 0 Å². The lowest BCUT2D eigenvalue weighted by atomic mass is 10.1. The molecule has 0 unspecified atom stereocenters. The van der Waals surface area contributed by atoms with Gasteiger partial charge in [-0.1, -0.05) is 24.3 Å². The highest BCUT2D eigenvalue weighted by molar-refractivity contribution is 6.05. The summed E-state index contributed by atoms with van der Waals surface area (Å²) in [5.74, 6) is -0.152. The molecule has 1 aliphatic rings. The predicted molar refractivity (Wildman–Crippen MR) is 91.3 cm³/mol. The van der Waals surface area contributed by atoms with Crippen LogP contribution in [0.5, 0.6) is 0 Å². The zero-order valence-electron chi connectivity index (χ0n) is 13.0. The van der Waals surface area contributed by atoms with Crippen molar-refractivity contribution in [3.05, 3.63) is 59.7 Å². The fourth-order valence-corrected chi connectivity index (χ4v) is 2.58. The summed E-state index contributed by atoms with van der Waals surface area (Å²) in [5, 5.41) is 2.84. The minimum absolute atomic E-state index is 0.152. The molecule has 1 fully saturated rings. The Hall–Kier alpha value is -2.37. The number of morpholine rings is 1. The van der Waals surface area contributed by atoms with Crippen LogP contribution in [0, 0.1) is 0 Å². The Morgan fingerprint density at radius 3 is 2.48 bits per heavy atom. The van der Waals surface area contributed by atoms with Crippen LogP contribution in [-0.2, 0) is 11.3 Å². The molecular weight excluding hydrogens is 290 g/mol. The van der Waals surface area contributed by atoms with Crippen molar-refractivity contribution in [1.82, 2.24) is 4.90 Å². The third-order valence-electron chi connectivity index (χ3n) is 3.94. The average molecular weight is 311 g/mol. The fourth-order valence-electron chi connectivity index (χ4n) is 2.58. The van der Waals surface area contributed by atoms with E-state index in [2.05, 4.69) is 10.2 Å². The second-order valence-electron chi connectivity index (χ2n) is 5.63. The Balaban J connectivity index is 1.62. The molecule has 0 aliphatic carbocycles. The van der Waals surface area contributed by atoms with E-state index in [0.29, 0.717) is 16.9 Å². The number of nitrogen functional groups attached to an aromatic ring is 1. The van der Waals surface area contributed by atoms with Crippen LogP contribution in [0.1, 0.15) is 15.9 Å². The highest BCUT2D eigenvalue weighted by atomic mass is 16.5. The summed E-state index contributed by atoms with van der Waals surface area (Å²) in [6.07, 6.45) is 0. The molecule has 120 valence electrons. The molecule has 0 bridgehead atoms. The van der Waals surface area contributed by atoms with Gasteiger partial charge >= 0.3 is 0 Å². The van der Waals surface area contributed by atoms with Crippen LogP contribution in [0.3, 0.4) is 0 Å². The quantitative estimate of drug-likeness (QED) is 0.851. The van der Waals surface area contributed by atoms with Gasteiger partial charge < -0.3 is 15.8 Å². The van der Waals surface area contributed by atoms with E-state index in [-0.39, 0.29) is 5.91 Å². The Morgan fingerprint density at radius 1 is 1.09 bits per heavy atom. The molecule has 2 aromatic rings. The smallest absolute Gasteiger partial charge is 0.255 e. The molecule has 0 spiro atoms. The maximum atomic E-state index is 12.3. The van der Waals surface area contributed by atoms with Crippen molar-refractivity contribution < 1.29 is 9.53 Å². The van der Waals surface area contributed by atoms with Gasteiger partial charge in [-0.25, -0.2) is 0 Å². The molecular formula is C18H21N3O2. The molecule has 0 atom stereocenters. The molecule has 1 saturated heterocycles. The summed E-state index contributed by atoms with van der Waals surface area (Å²) in [6, 6.07) is 14.9. The normalized spacial score (nSPS) is 15.3. The van der Waals surface area contributed by atoms with E-state index in [4.69, 9.17) is 10.5 Å². The molecule has 3 N–H and O–H groups in total. The Morgan fingerprint density at radius 2 is 1.78 bits per heavy atom. The van der Waals surface area contributed by atoms with Gasteiger partial charge in [-0.05, 0) is 29.8 Å². The maximum absolute atomic E-state index is 12.3. The van der Waals surface area contributed by atoms with Crippen LogP contribution in [-0.4, -0.2) is 37.1 Å². The number of nitrogens with two attached hydrogens (primary N) is 1. The summed E-state index contributed by atoms with van der Waals surface area (Å²) in [5.41, 5.74) is 8.86. The highest BCUT2D eigenvalue weighted by Crippen LogP contribution is 2.18. The second kappa shape index (κ2) is 7.26. The van der Waals surface area contributed by atoms with E-state index in [9.17, 15) is 4.79 Å². The molecule has 5 heteroatoms. The van der Waals surface area contributed by atoms with Crippen molar-refractivity contribution in [1.29, 1.82) is 0 Å². The second-order valence-corrected chi connectivity index (χ2v) is 5.63. The number of para-hydroxylation sites is 2. The van der Waals surface area contributed by atoms with Gasteiger partial charge in [-0.2, -0.15) is 0 Å². The van der Waals surface area contributed by atoms with Gasteiger partial charge in [0.15, 0.2) is 0 Å². The summed E-state index contributed by atoms with van der Waals surface area (Å²) in [4.78, 5) is 14.6. The number of carbonyl (C=O) groups is 1. The van der Waals surface area contributed by atoms with Crippen LogP contribution in [0.25, 0.3) is 0 Å². The van der Waals surface area contributed by atoms with Crippen molar-refractivity contribution in [3.63, 3.8) is 0 Å². The molecule has 0 radical (unpaired) electrons. The SMILES string of the molecule is Nc1ccccc1NC(=O)c1ccc(CN2CCOCC2)cc1. The number of nitrogens with one attached hydrogen (secondary N) is 1. The Labute approximate surface area is 136 Å². The lowest BCUT2D eigenvalue weighted by molar-refractivity contribution is 0.0342. The van der Waals surface area contributed by atoms with E-state index in [1.165, 1.54) is 5.56 Å². The largest absolute Gasteiger partial charge is 0.397 e. The number of nitrogens with zero attached hydrogens (tertiary/aromatic N) is 1. The van der Waals surface area contributed by atoms with Crippen LogP contribution in [0.2, 0.25) is 0 Å². The Kier molecular flexibility index (Phi) is 4.90. The topological polar surface area (TPSA) is 67.6 Å². The fraction of sp³-hybridized carbons (Fsp3) is 0.278. The number of amides is 1. The van der Waals surface area contributed by atoms with Crippen molar-refractivity contribution in [2.75, 3.05) is 37.4 Å². The highest BCUT2D eigenvalue weighted by Gasteiger charge is 2.12. The molecule has 0 saturated carbocycles. The van der Waals surface area contributed by atoms with Gasteiger partial charge in [0.2, 0.25) is 0 Å². The van der Waals surface area contributed by atoms with E-state index in [0.717, 1.165) is 32.8 Å². The summed E-state index contributed by atoms with van der Waals surface area (Å²) < 4.78 is 5.35. The van der Waals surface area contributed by atoms with Crippen molar-refractivity contribution in [2.24, 2.45) is 0 Å². The van der Waals surface area contributed by atoms with E-state index < -0.39 is 0 Å². The van der Waals surface area contributed by atoms with Crippen molar-refractivity contribution in [3.8, 4) is 0 Å². The summed E-state index contributed by atoms with van der Waals surface area (Å²) in [6.45, 7) is 4.37. The molecule has 2 aromatic carbocycles. The van der Waals surface area contributed by atoms with Crippen LogP contribution >= 0.6 is 0 Å². The zero-order chi connectivity index (χ0) is 16.1. The molecule has 1 heterocycles. The van der Waals surface area contributed by atoms with Gasteiger partial charge in [-0.3, -0.25) is 9.69 Å². The first kappa shape index (κ1) is 15.5. The van der Waals surface area contributed by atoms with Gasteiger partial charge in [0, 0.05) is 25.2 Å². The van der Waals surface area contributed by atoms with E-state index in [1.807, 2.05) is 36.4 Å². The van der Waals surface area contributed by atoms with Crippen molar-refractivity contribution >= 4 is 17.3 Å². The van der Waals surface area contributed by atoms with Crippen molar-refractivity contribution in [2.45, 2.75) is 6.54 Å². The monoisotopic (exact) mass is 311 g/mol. The molecule has 1 aliphatic heterocycles. The third-order valence-corrected chi connectivity index (χ3v) is 3.94. The van der Waals surface area contributed by atoms with E-state index >= 15 is 0 Å². The number of benzene rings is 2. The molecule has 23 heavy (non-hydrogen) atoms. The van der Waals surface area contributed by atoms with E-state index in [1.54, 1.807) is 12.1 Å². The standard InChI is InChI=1S/C18H21N3O2/c19-16-3-1-2-4-17(16)20-18(22)15-7-5-14(6-8-15)13-21-9-11-23-12-10-21/h1-8H,9-13,19H2,(H,20,22). The number of rotatable bonds is 4. The first-order valence-electron chi connectivity index (χ1n) is 7.77. The maximum Gasteiger partial charge on any atom is 0.255 e. The molecule has 5 nitrogen and oxygen atoms in total. The first-order chi connectivity index (χ1) is 11.2. The first-order valence-corrected chi connectivity index (χ1v) is 7.77. The lowest BCUT2D eigenvalue weighted by Crippen LogP contribution is -2.35. The van der Waals surface area contributed by atoms with Gasteiger partial charge in [0.05, 0.1) is 24.6 Å². The third kappa shape index (κ3) is 4.09. The summed E-state index contributed by atoms with van der Waals surface area (Å²) in [7, 11) is 0. The van der Waals surface area contributed by atoms with Crippen LogP contribution in [0.4, 0.5) is 11.4 Å². The van der Waals surface area contributed by atoms with Gasteiger partial charge in [0.25, 0.3) is 5.91 Å². The molecule has 1 amide bonds. The van der Waals surface area contributed by atoms with Gasteiger partial charge in [-0.15, -0.1) is 0 Å². The molecule has 0 aromatic heterocycles. The summed E-state index contributed by atoms with van der Waals surface area (Å²) >= 11 is 0. The molecule has 3 rings (SSSR count). The average Bonchev–Trinajstić information content (AvgIpc) is 2.58. The van der Waals surface area contributed by atoms with Crippen LogP contribution < -0.4 is 11.1 Å². The lowest BCUT2D eigenvalue weighted by Gasteiger charge is -2.26. The zero-order valence-corrected chi connectivity index (χ0v) is 13.0. The minimum atomic E-state index is -0.152.